The van der Waals surface area contributed by atoms with Crippen molar-refractivity contribution in [2.24, 2.45) is 5.92 Å². The van der Waals surface area contributed by atoms with E-state index in [0.717, 1.165) is 5.92 Å². The summed E-state index contributed by atoms with van der Waals surface area (Å²) in [4.78, 5) is 0. The van der Waals surface area contributed by atoms with Crippen LogP contribution in [0.15, 0.2) is 28.7 Å². The second-order valence-corrected chi connectivity index (χ2v) is 5.55. The molecule has 1 atom stereocenters. The third-order valence-electron chi connectivity index (χ3n) is 3.42. The fourth-order valence-corrected chi connectivity index (χ4v) is 2.94. The van der Waals surface area contributed by atoms with Gasteiger partial charge in [0, 0.05) is 4.47 Å². The summed E-state index contributed by atoms with van der Waals surface area (Å²) in [6.45, 7) is 2.46. The summed E-state index contributed by atoms with van der Waals surface area (Å²) in [7, 11) is 0. The second-order valence-electron chi connectivity index (χ2n) is 4.70. The van der Waals surface area contributed by atoms with Crippen LogP contribution in [0, 0.1) is 5.92 Å². The van der Waals surface area contributed by atoms with Crippen LogP contribution in [-0.4, -0.2) is 13.1 Å². The Labute approximate surface area is 107 Å². The minimum absolute atomic E-state index is 0.913. The number of hydrogen-bond acceptors (Lipinski definition) is 1. The summed E-state index contributed by atoms with van der Waals surface area (Å²) in [5.74, 6) is 0.913. The Morgan fingerprint density at radius 1 is 1.31 bits per heavy atom. The molecule has 16 heavy (non-hydrogen) atoms. The van der Waals surface area contributed by atoms with E-state index in [9.17, 15) is 0 Å². The molecule has 1 aromatic rings. The monoisotopic (exact) mass is 281 g/mol. The van der Waals surface area contributed by atoms with Gasteiger partial charge in [-0.3, -0.25) is 0 Å². The summed E-state index contributed by atoms with van der Waals surface area (Å²) >= 11 is 3.61. The Balaban J connectivity index is 1.73. The van der Waals surface area contributed by atoms with E-state index in [1.54, 1.807) is 0 Å². The lowest BCUT2D eigenvalue weighted by Crippen LogP contribution is -2.29. The molecule has 1 aliphatic heterocycles. The maximum absolute atomic E-state index is 3.61. The molecule has 1 unspecified atom stereocenters. The average molecular weight is 282 g/mol. The highest BCUT2D eigenvalue weighted by molar-refractivity contribution is 9.10. The van der Waals surface area contributed by atoms with Gasteiger partial charge in [-0.25, -0.2) is 0 Å². The molecular weight excluding hydrogens is 262 g/mol. The Kier molecular flexibility index (Phi) is 4.86. The van der Waals surface area contributed by atoms with Gasteiger partial charge in [-0.15, -0.1) is 0 Å². The smallest absolute Gasteiger partial charge is 0.0207 e. The summed E-state index contributed by atoms with van der Waals surface area (Å²) in [6.07, 6.45) is 6.67. The summed E-state index contributed by atoms with van der Waals surface area (Å²) in [6, 6.07) is 8.57. The third kappa shape index (κ3) is 3.60. The highest BCUT2D eigenvalue weighted by Crippen LogP contribution is 2.21. The molecule has 0 aromatic heterocycles. The molecule has 1 fully saturated rings. The Hall–Kier alpha value is -0.340. The maximum Gasteiger partial charge on any atom is 0.0207 e. The molecule has 1 aliphatic rings. The molecule has 2 heteroatoms. The number of piperidine rings is 1. The highest BCUT2D eigenvalue weighted by atomic mass is 79.9. The van der Waals surface area contributed by atoms with Gasteiger partial charge in [0.15, 0.2) is 0 Å². The van der Waals surface area contributed by atoms with Gasteiger partial charge in [-0.05, 0) is 62.7 Å². The Morgan fingerprint density at radius 2 is 2.19 bits per heavy atom. The first kappa shape index (κ1) is 12.1. The molecular formula is C14H20BrN. The number of rotatable bonds is 4. The molecule has 1 nitrogen and oxygen atoms in total. The number of aryl methyl sites for hydroxylation is 1. The van der Waals surface area contributed by atoms with Crippen LogP contribution in [0.25, 0.3) is 0 Å². The molecule has 1 aromatic carbocycles. The average Bonchev–Trinajstić information content (AvgIpc) is 2.33. The summed E-state index contributed by atoms with van der Waals surface area (Å²) in [5, 5.41) is 3.49. The van der Waals surface area contributed by atoms with Crippen molar-refractivity contribution in [3.05, 3.63) is 34.3 Å². The van der Waals surface area contributed by atoms with E-state index in [-0.39, 0.29) is 0 Å². The molecule has 1 saturated heterocycles. The fourth-order valence-electron chi connectivity index (χ4n) is 2.45. The summed E-state index contributed by atoms with van der Waals surface area (Å²) in [5.41, 5.74) is 1.45. The van der Waals surface area contributed by atoms with E-state index in [2.05, 4.69) is 45.5 Å². The quantitative estimate of drug-likeness (QED) is 0.886. The van der Waals surface area contributed by atoms with Gasteiger partial charge in [-0.2, -0.15) is 0 Å². The Morgan fingerprint density at radius 3 is 2.94 bits per heavy atom. The minimum Gasteiger partial charge on any atom is -0.316 e. The highest BCUT2D eigenvalue weighted by Gasteiger charge is 2.12. The van der Waals surface area contributed by atoms with Gasteiger partial charge in [0.05, 0.1) is 0 Å². The topological polar surface area (TPSA) is 12.0 Å². The predicted octanol–water partition coefficient (Wildman–Crippen LogP) is 3.77. The van der Waals surface area contributed by atoms with Gasteiger partial charge in [0.2, 0.25) is 0 Å². The normalized spacial score (nSPS) is 20.9. The lowest BCUT2D eigenvalue weighted by Gasteiger charge is -2.22. The number of benzene rings is 1. The van der Waals surface area contributed by atoms with Gasteiger partial charge >= 0.3 is 0 Å². The molecule has 0 amide bonds. The van der Waals surface area contributed by atoms with Crippen molar-refractivity contribution in [1.29, 1.82) is 0 Å². The molecule has 0 saturated carbocycles. The zero-order valence-electron chi connectivity index (χ0n) is 9.71. The molecule has 2 rings (SSSR count). The molecule has 1 N–H and O–H groups in total. The SMILES string of the molecule is Brc1ccccc1CCCC1CCCNC1. The number of halogens is 1. The van der Waals surface area contributed by atoms with Crippen LogP contribution >= 0.6 is 15.9 Å². The van der Waals surface area contributed by atoms with Crippen LogP contribution in [-0.2, 0) is 6.42 Å². The largest absolute Gasteiger partial charge is 0.316 e. The van der Waals surface area contributed by atoms with Gasteiger partial charge in [-0.1, -0.05) is 34.1 Å². The van der Waals surface area contributed by atoms with Crippen LogP contribution in [0.2, 0.25) is 0 Å². The standard InChI is InChI=1S/C14H20BrN/c15-14-9-2-1-7-13(14)8-3-5-12-6-4-10-16-11-12/h1-2,7,9,12,16H,3-6,8,10-11H2. The van der Waals surface area contributed by atoms with Crippen molar-refractivity contribution in [3.8, 4) is 0 Å². The molecule has 0 bridgehead atoms. The molecule has 0 aliphatic carbocycles. The summed E-state index contributed by atoms with van der Waals surface area (Å²) < 4.78 is 1.26. The molecule has 0 radical (unpaired) electrons. The molecule has 0 spiro atoms. The van der Waals surface area contributed by atoms with Crippen LogP contribution in [0.1, 0.15) is 31.2 Å². The lowest BCUT2D eigenvalue weighted by atomic mass is 9.93. The number of nitrogens with one attached hydrogen (secondary N) is 1. The van der Waals surface area contributed by atoms with E-state index in [4.69, 9.17) is 0 Å². The van der Waals surface area contributed by atoms with Crippen LogP contribution in [0.5, 0.6) is 0 Å². The van der Waals surface area contributed by atoms with Gasteiger partial charge < -0.3 is 5.32 Å². The van der Waals surface area contributed by atoms with Crippen molar-refractivity contribution in [2.75, 3.05) is 13.1 Å². The molecule has 88 valence electrons. The van der Waals surface area contributed by atoms with Gasteiger partial charge in [0.25, 0.3) is 0 Å². The zero-order valence-corrected chi connectivity index (χ0v) is 11.3. The van der Waals surface area contributed by atoms with E-state index < -0.39 is 0 Å². The minimum atomic E-state index is 0.913. The predicted molar refractivity (Wildman–Crippen MR) is 72.7 cm³/mol. The Bertz CT molecular complexity index is 318. The van der Waals surface area contributed by atoms with Crippen molar-refractivity contribution < 1.29 is 0 Å². The maximum atomic E-state index is 3.61. The van der Waals surface area contributed by atoms with E-state index in [1.165, 1.54) is 55.2 Å². The van der Waals surface area contributed by atoms with Crippen molar-refractivity contribution in [3.63, 3.8) is 0 Å². The number of hydrogen-bond donors (Lipinski definition) is 1. The van der Waals surface area contributed by atoms with Crippen LogP contribution < -0.4 is 5.32 Å². The first-order valence-corrected chi connectivity index (χ1v) is 7.09. The van der Waals surface area contributed by atoms with E-state index in [1.807, 2.05) is 0 Å². The van der Waals surface area contributed by atoms with Crippen molar-refractivity contribution in [1.82, 2.24) is 5.32 Å². The van der Waals surface area contributed by atoms with Crippen LogP contribution in [0.3, 0.4) is 0 Å². The third-order valence-corrected chi connectivity index (χ3v) is 4.19. The zero-order chi connectivity index (χ0) is 11.2. The van der Waals surface area contributed by atoms with E-state index >= 15 is 0 Å². The van der Waals surface area contributed by atoms with Crippen molar-refractivity contribution >= 4 is 15.9 Å². The van der Waals surface area contributed by atoms with Crippen LogP contribution in [0.4, 0.5) is 0 Å². The molecule has 1 heterocycles. The van der Waals surface area contributed by atoms with Crippen molar-refractivity contribution in [2.45, 2.75) is 32.1 Å². The van der Waals surface area contributed by atoms with Gasteiger partial charge in [0.1, 0.15) is 0 Å². The first-order valence-electron chi connectivity index (χ1n) is 6.30. The lowest BCUT2D eigenvalue weighted by molar-refractivity contribution is 0.351. The fraction of sp³-hybridized carbons (Fsp3) is 0.571. The van der Waals surface area contributed by atoms with E-state index in [0.29, 0.717) is 0 Å². The second kappa shape index (κ2) is 6.41. The first-order chi connectivity index (χ1) is 7.86.